The number of hydrogen-bond donors (Lipinski definition) is 1. The molecule has 0 spiro atoms. The lowest BCUT2D eigenvalue weighted by molar-refractivity contribution is -0.131. The molecule has 0 unspecified atom stereocenters. The van der Waals surface area contributed by atoms with E-state index in [2.05, 4.69) is 40.2 Å². The Morgan fingerprint density at radius 1 is 1.12 bits per heavy atom. The van der Waals surface area contributed by atoms with Gasteiger partial charge in [-0.05, 0) is 62.1 Å². The number of carboxylic acid groups (broad SMARTS) is 1. The third-order valence-electron chi connectivity index (χ3n) is 3.87. The smallest absolute Gasteiger partial charge is 0.328 e. The normalized spacial score (nSPS) is 11.0. The number of aliphatic carboxylic acids is 1. The van der Waals surface area contributed by atoms with Crippen molar-refractivity contribution in [2.75, 3.05) is 7.11 Å². The second kappa shape index (κ2) is 8.06. The van der Waals surface area contributed by atoms with Gasteiger partial charge >= 0.3 is 5.97 Å². The molecule has 0 fully saturated rings. The molecule has 0 aliphatic carbocycles. The highest BCUT2D eigenvalue weighted by Gasteiger charge is 2.11. The zero-order chi connectivity index (χ0) is 18.5. The van der Waals surface area contributed by atoms with Crippen molar-refractivity contribution in [2.24, 2.45) is 0 Å². The lowest BCUT2D eigenvalue weighted by atomic mass is 10.1. The predicted molar refractivity (Wildman–Crippen MR) is 106 cm³/mol. The first kappa shape index (κ1) is 18.0. The number of hydrogen-bond acceptors (Lipinski definition) is 3. The Labute approximate surface area is 159 Å². The van der Waals surface area contributed by atoms with Gasteiger partial charge < -0.3 is 14.6 Å². The van der Waals surface area contributed by atoms with Gasteiger partial charge in [0.1, 0.15) is 6.61 Å². The van der Waals surface area contributed by atoms with Crippen LogP contribution in [0, 0.1) is 0 Å². The molecule has 1 N–H and O–H groups in total. The molecule has 5 heteroatoms. The van der Waals surface area contributed by atoms with Gasteiger partial charge in [-0.1, -0.05) is 36.4 Å². The maximum Gasteiger partial charge on any atom is 0.328 e. The van der Waals surface area contributed by atoms with Crippen LogP contribution in [0.15, 0.2) is 65.1 Å². The topological polar surface area (TPSA) is 55.8 Å². The zero-order valence-corrected chi connectivity index (χ0v) is 15.7. The summed E-state index contributed by atoms with van der Waals surface area (Å²) in [6.07, 6.45) is 2.58. The van der Waals surface area contributed by atoms with Crippen molar-refractivity contribution in [1.29, 1.82) is 0 Å². The molecule has 26 heavy (non-hydrogen) atoms. The van der Waals surface area contributed by atoms with Gasteiger partial charge in [0.15, 0.2) is 11.5 Å². The van der Waals surface area contributed by atoms with E-state index in [1.807, 2.05) is 18.2 Å². The van der Waals surface area contributed by atoms with Gasteiger partial charge in [0, 0.05) is 6.08 Å². The first-order chi connectivity index (χ1) is 12.6. The standard InChI is InChI=1S/C21H17BrO4/c1-25-19-12-14(7-9-20(23)24)11-18(22)21(19)26-13-15-6-8-16-4-2-3-5-17(16)10-15/h2-12H,13H2,1H3,(H,23,24). The Bertz CT molecular complexity index is 979. The van der Waals surface area contributed by atoms with Crippen LogP contribution in [0.4, 0.5) is 0 Å². The average molecular weight is 413 g/mol. The Morgan fingerprint density at radius 2 is 1.88 bits per heavy atom. The number of carboxylic acids is 1. The molecule has 3 rings (SSSR count). The maximum atomic E-state index is 10.7. The van der Waals surface area contributed by atoms with Crippen LogP contribution in [-0.4, -0.2) is 18.2 Å². The highest BCUT2D eigenvalue weighted by atomic mass is 79.9. The third kappa shape index (κ3) is 4.24. The minimum Gasteiger partial charge on any atom is -0.493 e. The van der Waals surface area contributed by atoms with Crippen LogP contribution in [0.1, 0.15) is 11.1 Å². The van der Waals surface area contributed by atoms with E-state index in [0.29, 0.717) is 28.1 Å². The number of rotatable bonds is 6. The summed E-state index contributed by atoms with van der Waals surface area (Å²) in [4.78, 5) is 10.7. The largest absolute Gasteiger partial charge is 0.493 e. The van der Waals surface area contributed by atoms with E-state index in [1.54, 1.807) is 19.2 Å². The van der Waals surface area contributed by atoms with Crippen molar-refractivity contribution in [2.45, 2.75) is 6.61 Å². The van der Waals surface area contributed by atoms with Gasteiger partial charge in [0.25, 0.3) is 0 Å². The number of benzene rings is 3. The van der Waals surface area contributed by atoms with Crippen molar-refractivity contribution in [1.82, 2.24) is 0 Å². The molecule has 0 heterocycles. The van der Waals surface area contributed by atoms with Crippen LogP contribution in [0.2, 0.25) is 0 Å². The second-order valence-corrected chi connectivity index (χ2v) is 6.53. The Morgan fingerprint density at radius 3 is 2.62 bits per heavy atom. The van der Waals surface area contributed by atoms with E-state index in [4.69, 9.17) is 14.6 Å². The summed E-state index contributed by atoms with van der Waals surface area (Å²) in [6.45, 7) is 0.393. The van der Waals surface area contributed by atoms with Crippen LogP contribution >= 0.6 is 15.9 Å². The molecule has 3 aromatic rings. The summed E-state index contributed by atoms with van der Waals surface area (Å²) in [5, 5.41) is 11.1. The van der Waals surface area contributed by atoms with Gasteiger partial charge in [-0.2, -0.15) is 0 Å². The molecule has 3 aromatic carbocycles. The van der Waals surface area contributed by atoms with Crippen molar-refractivity contribution in [3.63, 3.8) is 0 Å². The van der Waals surface area contributed by atoms with Gasteiger partial charge in [0.05, 0.1) is 11.6 Å². The fraction of sp³-hybridized carbons (Fsp3) is 0.0952. The molecule has 0 aromatic heterocycles. The minimum absolute atomic E-state index is 0.393. The van der Waals surface area contributed by atoms with Crippen LogP contribution in [0.3, 0.4) is 0 Å². The van der Waals surface area contributed by atoms with Crippen LogP contribution in [-0.2, 0) is 11.4 Å². The number of halogens is 1. The summed E-state index contributed by atoms with van der Waals surface area (Å²) in [5.74, 6) is 0.107. The molecule has 132 valence electrons. The predicted octanol–water partition coefficient (Wildman–Crippen LogP) is 5.29. The number of methoxy groups -OCH3 is 1. The van der Waals surface area contributed by atoms with E-state index in [-0.39, 0.29) is 0 Å². The fourth-order valence-electron chi connectivity index (χ4n) is 2.63. The zero-order valence-electron chi connectivity index (χ0n) is 14.1. The Hall–Kier alpha value is -2.79. The summed E-state index contributed by atoms with van der Waals surface area (Å²) in [5.41, 5.74) is 1.75. The van der Waals surface area contributed by atoms with Gasteiger partial charge in [-0.3, -0.25) is 0 Å². The number of carbonyl (C=O) groups is 1. The molecule has 0 bridgehead atoms. The van der Waals surface area contributed by atoms with Crippen molar-refractivity contribution in [3.8, 4) is 11.5 Å². The first-order valence-electron chi connectivity index (χ1n) is 7.96. The quantitative estimate of drug-likeness (QED) is 0.558. The molecule has 0 aliphatic heterocycles. The Kier molecular flexibility index (Phi) is 5.58. The molecule has 0 saturated heterocycles. The molecular weight excluding hydrogens is 396 g/mol. The molecular formula is C21H17BrO4. The molecule has 0 amide bonds. The summed E-state index contributed by atoms with van der Waals surface area (Å²) < 4.78 is 12.1. The molecule has 0 aliphatic rings. The van der Waals surface area contributed by atoms with Gasteiger partial charge in [0.2, 0.25) is 0 Å². The average Bonchev–Trinajstić information content (AvgIpc) is 2.64. The lowest BCUT2D eigenvalue weighted by Gasteiger charge is -2.14. The van der Waals surface area contributed by atoms with Gasteiger partial charge in [-0.15, -0.1) is 0 Å². The summed E-state index contributed by atoms with van der Waals surface area (Å²) in [7, 11) is 1.55. The van der Waals surface area contributed by atoms with E-state index in [9.17, 15) is 4.79 Å². The van der Waals surface area contributed by atoms with Crippen LogP contribution in [0.25, 0.3) is 16.8 Å². The van der Waals surface area contributed by atoms with E-state index < -0.39 is 5.97 Å². The first-order valence-corrected chi connectivity index (χ1v) is 8.75. The van der Waals surface area contributed by atoms with E-state index in [0.717, 1.165) is 17.0 Å². The second-order valence-electron chi connectivity index (χ2n) is 5.68. The van der Waals surface area contributed by atoms with Crippen molar-refractivity contribution < 1.29 is 19.4 Å². The lowest BCUT2D eigenvalue weighted by Crippen LogP contribution is -1.99. The third-order valence-corrected chi connectivity index (χ3v) is 4.46. The number of ether oxygens (including phenoxy) is 2. The van der Waals surface area contributed by atoms with E-state index in [1.165, 1.54) is 11.5 Å². The SMILES string of the molecule is COc1cc(C=CC(=O)O)cc(Br)c1OCc1ccc2ccccc2c1. The minimum atomic E-state index is -1.00. The Balaban J connectivity index is 1.82. The fourth-order valence-corrected chi connectivity index (χ4v) is 3.20. The van der Waals surface area contributed by atoms with Gasteiger partial charge in [-0.25, -0.2) is 4.79 Å². The number of fused-ring (bicyclic) bond motifs is 1. The van der Waals surface area contributed by atoms with Crippen molar-refractivity contribution in [3.05, 3.63) is 76.3 Å². The molecule has 0 atom stereocenters. The molecule has 4 nitrogen and oxygen atoms in total. The van der Waals surface area contributed by atoms with Crippen molar-refractivity contribution >= 4 is 38.7 Å². The molecule has 0 saturated carbocycles. The van der Waals surface area contributed by atoms with E-state index >= 15 is 0 Å². The van der Waals surface area contributed by atoms with Crippen LogP contribution < -0.4 is 9.47 Å². The monoisotopic (exact) mass is 412 g/mol. The maximum absolute atomic E-state index is 10.7. The highest BCUT2D eigenvalue weighted by Crippen LogP contribution is 2.37. The molecule has 0 radical (unpaired) electrons. The summed E-state index contributed by atoms with van der Waals surface area (Å²) >= 11 is 3.47. The van der Waals surface area contributed by atoms with Crippen LogP contribution in [0.5, 0.6) is 11.5 Å². The summed E-state index contributed by atoms with van der Waals surface area (Å²) in [6, 6.07) is 17.9. The highest BCUT2D eigenvalue weighted by molar-refractivity contribution is 9.10.